The first-order valence-electron chi connectivity index (χ1n) is 9.94. The first kappa shape index (κ1) is 21.9. The van der Waals surface area contributed by atoms with Gasteiger partial charge in [-0.25, -0.2) is 0 Å². The average Bonchev–Trinajstić information content (AvgIpc) is 2.53. The zero-order chi connectivity index (χ0) is 16.5. The van der Waals surface area contributed by atoms with Gasteiger partial charge in [-0.1, -0.05) is 65.7 Å². The minimum Gasteiger partial charge on any atom is -0.329 e. The maximum Gasteiger partial charge on any atom is 0.0220 e. The SMILES string of the molecule is CCCCCC(CNCCN)N(CCCCC)CCCCC. The molecule has 0 aromatic heterocycles. The predicted molar refractivity (Wildman–Crippen MR) is 100 cm³/mol. The lowest BCUT2D eigenvalue weighted by Gasteiger charge is -2.32. The molecule has 0 bridgehead atoms. The second-order valence-corrected chi connectivity index (χ2v) is 6.59. The Balaban J connectivity index is 4.42. The van der Waals surface area contributed by atoms with E-state index < -0.39 is 0 Å². The maximum absolute atomic E-state index is 5.63. The van der Waals surface area contributed by atoms with Crippen molar-refractivity contribution in [3.8, 4) is 0 Å². The van der Waals surface area contributed by atoms with Gasteiger partial charge in [0, 0.05) is 25.7 Å². The molecule has 0 amide bonds. The standard InChI is InChI=1S/C19H43N3/c1-4-7-10-13-19(18-21-15-14-20)22(16-11-8-5-2)17-12-9-6-3/h19,21H,4-18,20H2,1-3H3. The molecule has 0 saturated heterocycles. The van der Waals surface area contributed by atoms with Crippen LogP contribution in [0.1, 0.15) is 85.0 Å². The highest BCUT2D eigenvalue weighted by molar-refractivity contribution is 4.75. The van der Waals surface area contributed by atoms with E-state index in [1.165, 1.54) is 77.3 Å². The Morgan fingerprint density at radius 2 is 1.36 bits per heavy atom. The third-order valence-corrected chi connectivity index (χ3v) is 4.46. The minimum absolute atomic E-state index is 0.701. The van der Waals surface area contributed by atoms with Crippen molar-refractivity contribution >= 4 is 0 Å². The van der Waals surface area contributed by atoms with E-state index in [-0.39, 0.29) is 0 Å². The molecule has 22 heavy (non-hydrogen) atoms. The molecule has 3 nitrogen and oxygen atoms in total. The molecule has 1 unspecified atom stereocenters. The van der Waals surface area contributed by atoms with Crippen molar-refractivity contribution in [1.82, 2.24) is 10.2 Å². The molecule has 3 N–H and O–H groups in total. The molecule has 134 valence electrons. The lowest BCUT2D eigenvalue weighted by Crippen LogP contribution is -2.44. The van der Waals surface area contributed by atoms with E-state index in [4.69, 9.17) is 5.73 Å². The van der Waals surface area contributed by atoms with Crippen LogP contribution >= 0.6 is 0 Å². The van der Waals surface area contributed by atoms with Crippen LogP contribution in [-0.4, -0.2) is 43.7 Å². The summed E-state index contributed by atoms with van der Waals surface area (Å²) in [6, 6.07) is 0.701. The van der Waals surface area contributed by atoms with E-state index >= 15 is 0 Å². The van der Waals surface area contributed by atoms with Crippen LogP contribution in [-0.2, 0) is 0 Å². The molecule has 0 aromatic rings. The number of nitrogens with zero attached hydrogens (tertiary/aromatic N) is 1. The van der Waals surface area contributed by atoms with Gasteiger partial charge in [0.05, 0.1) is 0 Å². The third kappa shape index (κ3) is 12.4. The number of hydrogen-bond donors (Lipinski definition) is 2. The van der Waals surface area contributed by atoms with Gasteiger partial charge in [0.2, 0.25) is 0 Å². The van der Waals surface area contributed by atoms with Crippen LogP contribution in [0.15, 0.2) is 0 Å². The lowest BCUT2D eigenvalue weighted by molar-refractivity contribution is 0.172. The summed E-state index contributed by atoms with van der Waals surface area (Å²) >= 11 is 0. The molecule has 0 fully saturated rings. The van der Waals surface area contributed by atoms with Gasteiger partial charge in [0.15, 0.2) is 0 Å². The van der Waals surface area contributed by atoms with Crippen LogP contribution < -0.4 is 11.1 Å². The van der Waals surface area contributed by atoms with E-state index in [0.717, 1.165) is 19.6 Å². The van der Waals surface area contributed by atoms with Crippen molar-refractivity contribution in [2.24, 2.45) is 5.73 Å². The van der Waals surface area contributed by atoms with Crippen molar-refractivity contribution in [3.63, 3.8) is 0 Å². The Hall–Kier alpha value is -0.120. The van der Waals surface area contributed by atoms with E-state index in [0.29, 0.717) is 6.04 Å². The summed E-state index contributed by atoms with van der Waals surface area (Å²) in [6.45, 7) is 12.2. The molecule has 0 rings (SSSR count). The molecule has 0 aliphatic carbocycles. The van der Waals surface area contributed by atoms with E-state index in [9.17, 15) is 0 Å². The summed E-state index contributed by atoms with van der Waals surface area (Å²) in [5.41, 5.74) is 5.63. The molecule has 0 heterocycles. The van der Waals surface area contributed by atoms with Crippen molar-refractivity contribution < 1.29 is 0 Å². The number of unbranched alkanes of at least 4 members (excludes halogenated alkanes) is 6. The highest BCUT2D eigenvalue weighted by atomic mass is 15.2. The fourth-order valence-electron chi connectivity index (χ4n) is 3.02. The van der Waals surface area contributed by atoms with Crippen LogP contribution in [0.4, 0.5) is 0 Å². The zero-order valence-electron chi connectivity index (χ0n) is 15.7. The average molecular weight is 314 g/mol. The lowest BCUT2D eigenvalue weighted by atomic mass is 10.0. The first-order valence-corrected chi connectivity index (χ1v) is 9.94. The highest BCUT2D eigenvalue weighted by Gasteiger charge is 2.17. The summed E-state index contributed by atoms with van der Waals surface area (Å²) < 4.78 is 0. The molecule has 0 aromatic carbocycles. The Morgan fingerprint density at radius 1 is 0.818 bits per heavy atom. The van der Waals surface area contributed by atoms with Gasteiger partial charge < -0.3 is 11.1 Å². The molecular weight excluding hydrogens is 270 g/mol. The summed E-state index contributed by atoms with van der Waals surface area (Å²) in [4.78, 5) is 2.77. The summed E-state index contributed by atoms with van der Waals surface area (Å²) in [5.74, 6) is 0. The van der Waals surface area contributed by atoms with E-state index in [1.807, 2.05) is 0 Å². The largest absolute Gasteiger partial charge is 0.329 e. The smallest absolute Gasteiger partial charge is 0.0220 e. The van der Waals surface area contributed by atoms with Gasteiger partial charge in [0.25, 0.3) is 0 Å². The monoisotopic (exact) mass is 313 g/mol. The van der Waals surface area contributed by atoms with Crippen molar-refractivity contribution in [3.05, 3.63) is 0 Å². The predicted octanol–water partition coefficient (Wildman–Crippen LogP) is 4.17. The molecule has 0 aliphatic heterocycles. The number of nitrogens with one attached hydrogen (secondary N) is 1. The fourth-order valence-corrected chi connectivity index (χ4v) is 3.02. The second kappa shape index (κ2) is 17.2. The van der Waals surface area contributed by atoms with Crippen LogP contribution in [0.2, 0.25) is 0 Å². The number of rotatable bonds is 17. The van der Waals surface area contributed by atoms with Gasteiger partial charge in [-0.05, 0) is 32.4 Å². The molecule has 0 saturated carbocycles. The Morgan fingerprint density at radius 3 is 1.86 bits per heavy atom. The van der Waals surface area contributed by atoms with Crippen molar-refractivity contribution in [1.29, 1.82) is 0 Å². The molecule has 0 aliphatic rings. The summed E-state index contributed by atoms with van der Waals surface area (Å²) in [6.07, 6.45) is 13.4. The zero-order valence-corrected chi connectivity index (χ0v) is 15.7. The van der Waals surface area contributed by atoms with Gasteiger partial charge >= 0.3 is 0 Å². The quantitative estimate of drug-likeness (QED) is 0.396. The molecule has 0 radical (unpaired) electrons. The van der Waals surface area contributed by atoms with E-state index in [2.05, 4.69) is 31.0 Å². The molecule has 1 atom stereocenters. The number of nitrogens with two attached hydrogens (primary N) is 1. The Kier molecular flexibility index (Phi) is 17.1. The van der Waals surface area contributed by atoms with Crippen molar-refractivity contribution in [2.45, 2.75) is 91.0 Å². The third-order valence-electron chi connectivity index (χ3n) is 4.46. The van der Waals surface area contributed by atoms with E-state index in [1.54, 1.807) is 0 Å². The maximum atomic E-state index is 5.63. The molecule has 3 heteroatoms. The summed E-state index contributed by atoms with van der Waals surface area (Å²) in [7, 11) is 0. The Labute approximate surface area is 140 Å². The minimum atomic E-state index is 0.701. The molecule has 0 spiro atoms. The van der Waals surface area contributed by atoms with Crippen molar-refractivity contribution in [2.75, 3.05) is 32.7 Å². The van der Waals surface area contributed by atoms with Crippen LogP contribution in [0, 0.1) is 0 Å². The van der Waals surface area contributed by atoms with Crippen LogP contribution in [0.5, 0.6) is 0 Å². The van der Waals surface area contributed by atoms with Gasteiger partial charge in [-0.15, -0.1) is 0 Å². The van der Waals surface area contributed by atoms with Gasteiger partial charge in [-0.2, -0.15) is 0 Å². The molecular formula is C19H43N3. The fraction of sp³-hybridized carbons (Fsp3) is 1.00. The number of hydrogen-bond acceptors (Lipinski definition) is 3. The second-order valence-electron chi connectivity index (χ2n) is 6.59. The van der Waals surface area contributed by atoms with Gasteiger partial charge in [-0.3, -0.25) is 4.90 Å². The summed E-state index contributed by atoms with van der Waals surface area (Å²) in [5, 5.41) is 3.56. The first-order chi connectivity index (χ1) is 10.8. The Bertz CT molecular complexity index is 167. The van der Waals surface area contributed by atoms with Crippen LogP contribution in [0.25, 0.3) is 0 Å². The highest BCUT2D eigenvalue weighted by Crippen LogP contribution is 2.13. The topological polar surface area (TPSA) is 41.3 Å². The van der Waals surface area contributed by atoms with Gasteiger partial charge in [0.1, 0.15) is 0 Å². The van der Waals surface area contributed by atoms with Crippen LogP contribution in [0.3, 0.4) is 0 Å². The normalized spacial score (nSPS) is 13.0.